The van der Waals surface area contributed by atoms with Crippen LogP contribution in [0.1, 0.15) is 26.7 Å². The third-order valence-corrected chi connectivity index (χ3v) is 2.99. The van der Waals surface area contributed by atoms with Crippen LogP contribution in [0.15, 0.2) is 0 Å². The average molecular weight is 156 g/mol. The van der Waals surface area contributed by atoms with Gasteiger partial charge < -0.3 is 10.6 Å². The second kappa shape index (κ2) is 3.55. The molecule has 1 rings (SSSR count). The fourth-order valence-electron chi connectivity index (χ4n) is 1.80. The van der Waals surface area contributed by atoms with E-state index in [0.717, 1.165) is 12.0 Å². The van der Waals surface area contributed by atoms with Gasteiger partial charge in [0.2, 0.25) is 0 Å². The monoisotopic (exact) mass is 156 g/mol. The molecule has 2 N–H and O–H groups in total. The number of likely N-dealkylation sites (tertiary alicyclic amines) is 1. The highest BCUT2D eigenvalue weighted by molar-refractivity contribution is 4.80. The zero-order valence-electron chi connectivity index (χ0n) is 7.88. The van der Waals surface area contributed by atoms with Crippen LogP contribution in [0.4, 0.5) is 0 Å². The van der Waals surface area contributed by atoms with Gasteiger partial charge in [-0.05, 0) is 46.2 Å². The van der Waals surface area contributed by atoms with E-state index in [1.165, 1.54) is 19.4 Å². The van der Waals surface area contributed by atoms with Crippen molar-refractivity contribution < 1.29 is 0 Å². The molecule has 1 saturated heterocycles. The first kappa shape index (κ1) is 9.01. The van der Waals surface area contributed by atoms with Crippen molar-refractivity contribution in [3.8, 4) is 0 Å². The molecule has 0 bridgehead atoms. The summed E-state index contributed by atoms with van der Waals surface area (Å²) in [6, 6.07) is 1.10. The molecule has 11 heavy (non-hydrogen) atoms. The van der Waals surface area contributed by atoms with E-state index in [0.29, 0.717) is 6.04 Å². The van der Waals surface area contributed by atoms with Gasteiger partial charge in [0.25, 0.3) is 0 Å². The minimum atomic E-state index is 0.381. The van der Waals surface area contributed by atoms with Crippen molar-refractivity contribution in [2.45, 2.75) is 38.8 Å². The van der Waals surface area contributed by atoms with Crippen molar-refractivity contribution in [3.63, 3.8) is 0 Å². The van der Waals surface area contributed by atoms with Crippen molar-refractivity contribution in [2.75, 3.05) is 13.6 Å². The van der Waals surface area contributed by atoms with Gasteiger partial charge in [0, 0.05) is 12.1 Å². The van der Waals surface area contributed by atoms with Crippen LogP contribution in [0.3, 0.4) is 0 Å². The summed E-state index contributed by atoms with van der Waals surface area (Å²) in [5.41, 5.74) is 5.86. The van der Waals surface area contributed by atoms with E-state index in [2.05, 4.69) is 25.8 Å². The van der Waals surface area contributed by atoms with Crippen LogP contribution < -0.4 is 5.73 Å². The van der Waals surface area contributed by atoms with Gasteiger partial charge in [-0.3, -0.25) is 0 Å². The Balaban J connectivity index is 2.40. The molecule has 1 aliphatic rings. The lowest BCUT2D eigenvalue weighted by atomic mass is 9.87. The predicted octanol–water partition coefficient (Wildman–Crippen LogP) is 1.06. The second-order valence-electron chi connectivity index (χ2n) is 3.97. The average Bonchev–Trinajstić information content (AvgIpc) is 1.94. The van der Waals surface area contributed by atoms with Crippen LogP contribution in [0.25, 0.3) is 0 Å². The van der Waals surface area contributed by atoms with Gasteiger partial charge in [-0.25, -0.2) is 0 Å². The van der Waals surface area contributed by atoms with E-state index >= 15 is 0 Å². The van der Waals surface area contributed by atoms with Gasteiger partial charge in [0.15, 0.2) is 0 Å². The molecule has 3 atom stereocenters. The molecule has 0 aromatic heterocycles. The Bertz CT molecular complexity index is 123. The van der Waals surface area contributed by atoms with Crippen molar-refractivity contribution in [1.29, 1.82) is 0 Å². The molecule has 3 unspecified atom stereocenters. The first-order valence-corrected chi connectivity index (χ1v) is 4.57. The van der Waals surface area contributed by atoms with Crippen LogP contribution in [-0.2, 0) is 0 Å². The summed E-state index contributed by atoms with van der Waals surface area (Å²) in [4.78, 5) is 2.42. The van der Waals surface area contributed by atoms with E-state index in [4.69, 9.17) is 5.73 Å². The third kappa shape index (κ3) is 2.17. The maximum Gasteiger partial charge on any atom is 0.00671 e. The van der Waals surface area contributed by atoms with Gasteiger partial charge in [-0.1, -0.05) is 0 Å². The Morgan fingerprint density at radius 3 is 2.64 bits per heavy atom. The first-order valence-electron chi connectivity index (χ1n) is 4.57. The molecule has 0 spiro atoms. The zero-order chi connectivity index (χ0) is 8.43. The molecule has 2 heteroatoms. The number of piperidine rings is 1. The lowest BCUT2D eigenvalue weighted by Gasteiger charge is -2.36. The van der Waals surface area contributed by atoms with E-state index < -0.39 is 0 Å². The molecule has 1 aliphatic heterocycles. The molecule has 1 fully saturated rings. The zero-order valence-corrected chi connectivity index (χ0v) is 7.88. The molecule has 0 amide bonds. The van der Waals surface area contributed by atoms with Crippen molar-refractivity contribution in [1.82, 2.24) is 4.90 Å². The Morgan fingerprint density at radius 1 is 1.55 bits per heavy atom. The largest absolute Gasteiger partial charge is 0.328 e. The van der Waals surface area contributed by atoms with Crippen molar-refractivity contribution in [3.05, 3.63) is 0 Å². The van der Waals surface area contributed by atoms with E-state index in [1.54, 1.807) is 0 Å². The fraction of sp³-hybridized carbons (Fsp3) is 1.00. The summed E-state index contributed by atoms with van der Waals surface area (Å²) in [7, 11) is 2.20. The number of nitrogens with two attached hydrogens (primary N) is 1. The molecule has 1 heterocycles. The number of rotatable bonds is 1. The molecule has 0 radical (unpaired) electrons. The predicted molar refractivity (Wildman–Crippen MR) is 48.5 cm³/mol. The Morgan fingerprint density at radius 2 is 2.18 bits per heavy atom. The van der Waals surface area contributed by atoms with Crippen LogP contribution in [0, 0.1) is 5.92 Å². The van der Waals surface area contributed by atoms with Crippen LogP contribution in [0.2, 0.25) is 0 Å². The SMILES string of the molecule is CC(N)C1CCN(C)C(C)C1. The molecular weight excluding hydrogens is 136 g/mol. The summed E-state index contributed by atoms with van der Waals surface area (Å²) in [5, 5.41) is 0. The van der Waals surface area contributed by atoms with E-state index in [1.807, 2.05) is 0 Å². The quantitative estimate of drug-likeness (QED) is 0.615. The third-order valence-electron chi connectivity index (χ3n) is 2.99. The Labute approximate surface area is 69.8 Å². The minimum absolute atomic E-state index is 0.381. The topological polar surface area (TPSA) is 29.3 Å². The molecular formula is C9H20N2. The number of nitrogens with zero attached hydrogens (tertiary/aromatic N) is 1. The maximum atomic E-state index is 5.86. The maximum absolute atomic E-state index is 5.86. The molecule has 0 aliphatic carbocycles. The van der Waals surface area contributed by atoms with Gasteiger partial charge in [0.05, 0.1) is 0 Å². The summed E-state index contributed by atoms with van der Waals surface area (Å²) >= 11 is 0. The van der Waals surface area contributed by atoms with Gasteiger partial charge >= 0.3 is 0 Å². The highest BCUT2D eigenvalue weighted by Gasteiger charge is 2.24. The first-order chi connectivity index (χ1) is 5.11. The summed E-state index contributed by atoms with van der Waals surface area (Å²) < 4.78 is 0. The van der Waals surface area contributed by atoms with Crippen LogP contribution >= 0.6 is 0 Å². The molecule has 0 saturated carbocycles. The van der Waals surface area contributed by atoms with E-state index in [-0.39, 0.29) is 0 Å². The Hall–Kier alpha value is -0.0800. The number of hydrogen-bond donors (Lipinski definition) is 1. The van der Waals surface area contributed by atoms with Crippen LogP contribution in [-0.4, -0.2) is 30.6 Å². The molecule has 0 aromatic rings. The molecule has 0 aromatic carbocycles. The highest BCUT2D eigenvalue weighted by Crippen LogP contribution is 2.22. The fourth-order valence-corrected chi connectivity index (χ4v) is 1.80. The van der Waals surface area contributed by atoms with Gasteiger partial charge in [-0.2, -0.15) is 0 Å². The minimum Gasteiger partial charge on any atom is -0.328 e. The lowest BCUT2D eigenvalue weighted by molar-refractivity contribution is 0.142. The highest BCUT2D eigenvalue weighted by atomic mass is 15.1. The summed E-state index contributed by atoms with van der Waals surface area (Å²) in [6.45, 7) is 5.63. The van der Waals surface area contributed by atoms with Crippen LogP contribution in [0.5, 0.6) is 0 Å². The van der Waals surface area contributed by atoms with E-state index in [9.17, 15) is 0 Å². The molecule has 2 nitrogen and oxygen atoms in total. The standard InChI is InChI=1S/C9H20N2/c1-7-6-9(8(2)10)4-5-11(7)3/h7-9H,4-6,10H2,1-3H3. The second-order valence-corrected chi connectivity index (χ2v) is 3.97. The molecule has 66 valence electrons. The smallest absolute Gasteiger partial charge is 0.00671 e. The normalized spacial score (nSPS) is 37.1. The summed E-state index contributed by atoms with van der Waals surface area (Å²) in [5.74, 6) is 0.751. The van der Waals surface area contributed by atoms with Crippen molar-refractivity contribution >= 4 is 0 Å². The summed E-state index contributed by atoms with van der Waals surface area (Å²) in [6.07, 6.45) is 2.55. The Kier molecular flexibility index (Phi) is 2.90. The lowest BCUT2D eigenvalue weighted by Crippen LogP contribution is -2.42. The van der Waals surface area contributed by atoms with Gasteiger partial charge in [0.1, 0.15) is 0 Å². The van der Waals surface area contributed by atoms with Gasteiger partial charge in [-0.15, -0.1) is 0 Å². The number of hydrogen-bond acceptors (Lipinski definition) is 2. The van der Waals surface area contributed by atoms with Crippen molar-refractivity contribution in [2.24, 2.45) is 11.7 Å².